The molecule has 7 nitrogen and oxygen atoms in total. The number of morpholine rings is 1. The quantitative estimate of drug-likeness (QED) is 0.445. The van der Waals surface area contributed by atoms with Crippen molar-refractivity contribution in [3.63, 3.8) is 0 Å². The molecule has 1 fully saturated rings. The first-order valence-corrected chi connectivity index (χ1v) is 11.1. The van der Waals surface area contributed by atoms with Crippen molar-refractivity contribution in [2.24, 2.45) is 0 Å². The Morgan fingerprint density at radius 2 is 1.97 bits per heavy atom. The molecule has 1 aliphatic rings. The smallest absolute Gasteiger partial charge is 0.253 e. The Bertz CT molecular complexity index is 1390. The summed E-state index contributed by atoms with van der Waals surface area (Å²) in [4.78, 5) is 22.0. The first-order valence-electron chi connectivity index (χ1n) is 11.1. The lowest BCUT2D eigenvalue weighted by Gasteiger charge is -2.27. The molecule has 1 saturated heterocycles. The van der Waals surface area contributed by atoms with E-state index in [4.69, 9.17) is 4.74 Å². The highest BCUT2D eigenvalue weighted by molar-refractivity contribution is 5.94. The Labute approximate surface area is 195 Å². The van der Waals surface area contributed by atoms with E-state index in [1.54, 1.807) is 28.9 Å². The average molecular weight is 463 g/mol. The number of halogens is 2. The molecule has 4 aromatic rings. The summed E-state index contributed by atoms with van der Waals surface area (Å²) in [6.07, 6.45) is 4.77. The third-order valence-corrected chi connectivity index (χ3v) is 5.92. The molecule has 34 heavy (non-hydrogen) atoms. The van der Waals surface area contributed by atoms with Crippen LogP contribution in [-0.2, 0) is 16.0 Å². The fourth-order valence-corrected chi connectivity index (χ4v) is 4.09. The zero-order chi connectivity index (χ0) is 23.8. The zero-order valence-electron chi connectivity index (χ0n) is 18.8. The molecule has 174 valence electrons. The third-order valence-electron chi connectivity index (χ3n) is 5.92. The molecule has 1 amide bonds. The first-order chi connectivity index (χ1) is 16.4. The van der Waals surface area contributed by atoms with Gasteiger partial charge in [0.1, 0.15) is 23.9 Å². The summed E-state index contributed by atoms with van der Waals surface area (Å²) in [6.45, 7) is 4.91. The lowest BCUT2D eigenvalue weighted by atomic mass is 10.0. The van der Waals surface area contributed by atoms with Crippen LogP contribution in [0.2, 0.25) is 0 Å². The zero-order valence-corrected chi connectivity index (χ0v) is 18.8. The number of anilines is 1. The molecule has 1 aromatic carbocycles. The second-order valence-electron chi connectivity index (χ2n) is 8.53. The largest absolute Gasteiger partial charge is 0.370 e. The average Bonchev–Trinajstić information content (AvgIpc) is 3.25. The summed E-state index contributed by atoms with van der Waals surface area (Å²) in [5.74, 6) is -0.685. The van der Waals surface area contributed by atoms with Crippen LogP contribution >= 0.6 is 0 Å². The van der Waals surface area contributed by atoms with E-state index in [1.165, 1.54) is 11.0 Å². The van der Waals surface area contributed by atoms with Crippen LogP contribution in [0.3, 0.4) is 0 Å². The number of hydrogen-bond donors (Lipinski definition) is 0. The fraction of sp³-hybridized carbons (Fsp3) is 0.280. The molecular formula is C25H23F2N5O2. The number of rotatable bonds is 5. The number of fused-ring (bicyclic) bond motifs is 1. The molecule has 0 saturated carbocycles. The molecule has 0 bridgehead atoms. The van der Waals surface area contributed by atoms with Gasteiger partial charge in [-0.3, -0.25) is 4.79 Å². The van der Waals surface area contributed by atoms with E-state index in [-0.39, 0.29) is 30.5 Å². The van der Waals surface area contributed by atoms with Crippen LogP contribution in [0.25, 0.3) is 16.8 Å². The molecule has 4 heterocycles. The number of ether oxygens (including phenoxy) is 1. The fourth-order valence-electron chi connectivity index (χ4n) is 4.09. The monoisotopic (exact) mass is 463 g/mol. The van der Waals surface area contributed by atoms with Crippen molar-refractivity contribution in [2.75, 3.05) is 24.7 Å². The molecule has 5 rings (SSSR count). The van der Waals surface area contributed by atoms with Gasteiger partial charge in [0.2, 0.25) is 0 Å². The minimum absolute atomic E-state index is 0.0146. The molecule has 0 radical (unpaired) electrons. The van der Waals surface area contributed by atoms with Crippen molar-refractivity contribution < 1.29 is 18.3 Å². The van der Waals surface area contributed by atoms with Crippen LogP contribution in [0, 0.1) is 11.6 Å². The van der Waals surface area contributed by atoms with Crippen molar-refractivity contribution in [3.05, 3.63) is 77.5 Å². The van der Waals surface area contributed by atoms with Gasteiger partial charge in [-0.2, -0.15) is 5.10 Å². The molecule has 3 aromatic heterocycles. The minimum atomic E-state index is -0.555. The molecular weight excluding hydrogens is 440 g/mol. The van der Waals surface area contributed by atoms with Gasteiger partial charge in [0.25, 0.3) is 5.91 Å². The van der Waals surface area contributed by atoms with E-state index in [0.29, 0.717) is 35.8 Å². The number of pyridine rings is 1. The summed E-state index contributed by atoms with van der Waals surface area (Å²) >= 11 is 0. The molecule has 1 aliphatic heterocycles. The summed E-state index contributed by atoms with van der Waals surface area (Å²) in [6, 6.07) is 8.21. The molecule has 0 unspecified atom stereocenters. The van der Waals surface area contributed by atoms with E-state index in [1.807, 2.05) is 12.3 Å². The number of nitrogens with zero attached hydrogens (tertiary/aromatic N) is 5. The lowest BCUT2D eigenvalue weighted by Crippen LogP contribution is -2.41. The Morgan fingerprint density at radius 1 is 1.12 bits per heavy atom. The summed E-state index contributed by atoms with van der Waals surface area (Å²) in [5, 5.41) is 4.34. The van der Waals surface area contributed by atoms with Crippen LogP contribution in [0.4, 0.5) is 14.5 Å². The topological polar surface area (TPSA) is 72.6 Å². The van der Waals surface area contributed by atoms with Gasteiger partial charge in [-0.25, -0.2) is 23.3 Å². The number of carbonyl (C=O) groups is 1. The van der Waals surface area contributed by atoms with Gasteiger partial charge in [0.15, 0.2) is 5.82 Å². The normalized spacial score (nSPS) is 14.4. The van der Waals surface area contributed by atoms with Crippen LogP contribution in [0.1, 0.15) is 36.7 Å². The highest BCUT2D eigenvalue weighted by atomic mass is 19.1. The van der Waals surface area contributed by atoms with Gasteiger partial charge in [0.05, 0.1) is 24.5 Å². The van der Waals surface area contributed by atoms with E-state index in [2.05, 4.69) is 28.9 Å². The number of carbonyl (C=O) groups excluding carboxylic acids is 1. The van der Waals surface area contributed by atoms with Crippen LogP contribution in [-0.4, -0.2) is 45.2 Å². The number of aromatic nitrogens is 4. The van der Waals surface area contributed by atoms with E-state index < -0.39 is 11.6 Å². The van der Waals surface area contributed by atoms with Crippen molar-refractivity contribution in [1.82, 2.24) is 19.6 Å². The van der Waals surface area contributed by atoms with Gasteiger partial charge in [0, 0.05) is 36.0 Å². The van der Waals surface area contributed by atoms with Gasteiger partial charge < -0.3 is 9.64 Å². The standard InChI is InChI=1S/C25H23F2N5O2/c1-15(2)19-12-29-32-6-5-17(9-22(19)32)25-21(27)13-28-23(30-25)10-16-3-4-18(11-20(16)26)31-7-8-34-14-24(31)33/h3-6,9,11-13,15H,7-8,10,14H2,1-2H3. The highest BCUT2D eigenvalue weighted by Gasteiger charge is 2.21. The lowest BCUT2D eigenvalue weighted by molar-refractivity contribution is -0.125. The van der Waals surface area contributed by atoms with Gasteiger partial charge >= 0.3 is 0 Å². The van der Waals surface area contributed by atoms with Crippen LogP contribution in [0.5, 0.6) is 0 Å². The highest BCUT2D eigenvalue weighted by Crippen LogP contribution is 2.27. The number of benzene rings is 1. The summed E-state index contributed by atoms with van der Waals surface area (Å²) in [7, 11) is 0. The number of hydrogen-bond acceptors (Lipinski definition) is 5. The Morgan fingerprint density at radius 3 is 2.74 bits per heavy atom. The molecule has 0 atom stereocenters. The second kappa shape index (κ2) is 8.90. The van der Waals surface area contributed by atoms with Gasteiger partial charge in [-0.05, 0) is 35.7 Å². The van der Waals surface area contributed by atoms with E-state index in [0.717, 1.165) is 17.3 Å². The number of amides is 1. The van der Waals surface area contributed by atoms with Crippen LogP contribution < -0.4 is 4.90 Å². The molecule has 0 spiro atoms. The van der Waals surface area contributed by atoms with Gasteiger partial charge in [-0.15, -0.1) is 0 Å². The SMILES string of the molecule is CC(C)c1cnn2ccc(-c3nc(Cc4ccc(N5CCOCC5=O)cc4F)ncc3F)cc12. The van der Waals surface area contributed by atoms with Crippen molar-refractivity contribution >= 4 is 17.1 Å². The maximum atomic E-state index is 14.9. The van der Waals surface area contributed by atoms with Crippen molar-refractivity contribution in [1.29, 1.82) is 0 Å². The Balaban J connectivity index is 1.44. The van der Waals surface area contributed by atoms with E-state index in [9.17, 15) is 13.6 Å². The van der Waals surface area contributed by atoms with E-state index >= 15 is 0 Å². The Kier molecular flexibility index (Phi) is 5.79. The summed E-state index contributed by atoms with van der Waals surface area (Å²) < 4.78 is 36.4. The maximum absolute atomic E-state index is 14.9. The second-order valence-corrected chi connectivity index (χ2v) is 8.53. The van der Waals surface area contributed by atoms with Crippen LogP contribution in [0.15, 0.2) is 48.9 Å². The van der Waals surface area contributed by atoms with Crippen molar-refractivity contribution in [2.45, 2.75) is 26.2 Å². The third kappa shape index (κ3) is 4.14. The molecule has 9 heteroatoms. The first kappa shape index (κ1) is 22.1. The van der Waals surface area contributed by atoms with Gasteiger partial charge in [-0.1, -0.05) is 19.9 Å². The Hall–Kier alpha value is -3.72. The predicted octanol–water partition coefficient (Wildman–Crippen LogP) is 4.15. The van der Waals surface area contributed by atoms with Crippen molar-refractivity contribution in [3.8, 4) is 11.3 Å². The maximum Gasteiger partial charge on any atom is 0.253 e. The minimum Gasteiger partial charge on any atom is -0.370 e. The summed E-state index contributed by atoms with van der Waals surface area (Å²) in [5.41, 5.74) is 3.52. The molecule has 0 aliphatic carbocycles. The predicted molar refractivity (Wildman–Crippen MR) is 123 cm³/mol. The molecule has 0 N–H and O–H groups in total.